The lowest BCUT2D eigenvalue weighted by Crippen LogP contribution is -2.57. The lowest BCUT2D eigenvalue weighted by Gasteiger charge is -2.36. The number of unbranched alkanes of at least 4 members (excludes halogenated alkanes) is 1. The van der Waals surface area contributed by atoms with Crippen molar-refractivity contribution in [2.45, 2.75) is 38.3 Å². The minimum absolute atomic E-state index is 0.0106. The molecule has 5 rings (SSSR count). The Labute approximate surface area is 285 Å². The van der Waals surface area contributed by atoms with Crippen LogP contribution in [0.4, 0.5) is 10.6 Å². The number of aromatic nitrogens is 2. The van der Waals surface area contributed by atoms with Gasteiger partial charge in [0.2, 0.25) is 5.91 Å². The fraction of sp³-hybridized carbons (Fsp3) is 0.441. The normalized spacial score (nSPS) is 18.0. The number of methoxy groups -OCH3 is 1. The van der Waals surface area contributed by atoms with E-state index < -0.39 is 37.7 Å². The van der Waals surface area contributed by atoms with Crippen LogP contribution < -0.4 is 14.7 Å². The Kier molecular flexibility index (Phi) is 12.2. The van der Waals surface area contributed by atoms with E-state index in [1.54, 1.807) is 31.4 Å². The predicted molar refractivity (Wildman–Crippen MR) is 183 cm³/mol. The van der Waals surface area contributed by atoms with Crippen molar-refractivity contribution in [3.05, 3.63) is 72.4 Å². The van der Waals surface area contributed by atoms with Crippen LogP contribution in [-0.4, -0.2) is 114 Å². The van der Waals surface area contributed by atoms with Crippen molar-refractivity contribution in [3.8, 4) is 17.1 Å². The van der Waals surface area contributed by atoms with Gasteiger partial charge in [-0.25, -0.2) is 19.3 Å². The molecule has 0 radical (unpaired) electrons. The second-order valence-electron chi connectivity index (χ2n) is 11.9. The van der Waals surface area contributed by atoms with Crippen LogP contribution in [0.25, 0.3) is 11.4 Å². The Morgan fingerprint density at radius 2 is 1.65 bits per heavy atom. The number of carbonyl (C=O) groups is 3. The number of piperazine rings is 1. The number of nitrogens with zero attached hydrogens (tertiary/aromatic N) is 5. The van der Waals surface area contributed by atoms with Crippen LogP contribution in [0.1, 0.15) is 36.7 Å². The Hall–Kier alpha value is -4.52. The van der Waals surface area contributed by atoms with E-state index in [1.807, 2.05) is 42.2 Å². The second kappa shape index (κ2) is 16.7. The summed E-state index contributed by atoms with van der Waals surface area (Å²) in [5, 5.41) is 2.68. The van der Waals surface area contributed by atoms with E-state index in [4.69, 9.17) is 19.0 Å². The standard InChI is InChI=1S/C34H43N6O8P/c1-3-4-21-47-34(43)39-19-17-38(18-20-39)33(42)29(24-49(44,45)48-26-13-9-6-10-14-26)36-32(41)28-22-30(40-16-15-27(23-40)46-2)37-31(35-28)25-11-7-5-8-12-25/h5-14,22,27,29H,3-4,15-21,23-24H2,1-2H3,(H,36,41)(H,44,45)/t27-,29-/m0/s1. The minimum Gasteiger partial charge on any atom is -0.449 e. The number of hydrogen-bond donors (Lipinski definition) is 2. The molecule has 3 heterocycles. The van der Waals surface area contributed by atoms with E-state index in [9.17, 15) is 23.8 Å². The van der Waals surface area contributed by atoms with Crippen LogP contribution in [0.5, 0.6) is 5.75 Å². The largest absolute Gasteiger partial charge is 0.449 e. The van der Waals surface area contributed by atoms with E-state index in [2.05, 4.69) is 10.3 Å². The zero-order valence-electron chi connectivity index (χ0n) is 27.8. The molecule has 2 aliphatic heterocycles. The van der Waals surface area contributed by atoms with Crippen molar-refractivity contribution in [3.63, 3.8) is 0 Å². The molecule has 2 N–H and O–H groups in total. The summed E-state index contributed by atoms with van der Waals surface area (Å²) in [5.41, 5.74) is 0.676. The third-order valence-corrected chi connectivity index (χ3v) is 9.68. The van der Waals surface area contributed by atoms with Crippen LogP contribution >= 0.6 is 7.60 Å². The molecular formula is C34H43N6O8P. The molecule has 262 valence electrons. The number of rotatable bonds is 13. The van der Waals surface area contributed by atoms with Gasteiger partial charge in [-0.3, -0.25) is 9.59 Å². The monoisotopic (exact) mass is 694 g/mol. The molecule has 0 bridgehead atoms. The number of para-hydroxylation sites is 1. The lowest BCUT2D eigenvalue weighted by molar-refractivity contribution is -0.134. The summed E-state index contributed by atoms with van der Waals surface area (Å²) >= 11 is 0. The van der Waals surface area contributed by atoms with Crippen LogP contribution in [0.2, 0.25) is 0 Å². The summed E-state index contributed by atoms with van der Waals surface area (Å²) < 4.78 is 29.6. The third-order valence-electron chi connectivity index (χ3n) is 8.36. The van der Waals surface area contributed by atoms with Crippen molar-refractivity contribution in [1.82, 2.24) is 25.1 Å². The summed E-state index contributed by atoms with van der Waals surface area (Å²) in [4.78, 5) is 65.5. The van der Waals surface area contributed by atoms with Gasteiger partial charge in [0, 0.05) is 58.0 Å². The smallest absolute Gasteiger partial charge is 0.409 e. The number of ether oxygens (including phenoxy) is 2. The zero-order valence-corrected chi connectivity index (χ0v) is 28.7. The molecule has 2 saturated heterocycles. The zero-order chi connectivity index (χ0) is 34.8. The first-order chi connectivity index (χ1) is 23.7. The molecule has 3 aromatic rings. The maximum absolute atomic E-state index is 14.0. The Morgan fingerprint density at radius 3 is 2.31 bits per heavy atom. The van der Waals surface area contributed by atoms with Crippen LogP contribution in [-0.2, 0) is 18.8 Å². The Morgan fingerprint density at radius 1 is 0.980 bits per heavy atom. The van der Waals surface area contributed by atoms with Gasteiger partial charge in [0.25, 0.3) is 5.91 Å². The fourth-order valence-corrected chi connectivity index (χ4v) is 6.85. The van der Waals surface area contributed by atoms with Gasteiger partial charge >= 0.3 is 13.7 Å². The second-order valence-corrected chi connectivity index (χ2v) is 13.7. The van der Waals surface area contributed by atoms with E-state index in [-0.39, 0.29) is 43.7 Å². The van der Waals surface area contributed by atoms with E-state index in [0.29, 0.717) is 36.9 Å². The topological polar surface area (TPSA) is 164 Å². The fourth-order valence-electron chi connectivity index (χ4n) is 5.61. The molecule has 15 heteroatoms. The van der Waals surface area contributed by atoms with Crippen molar-refractivity contribution < 1.29 is 37.8 Å². The van der Waals surface area contributed by atoms with E-state index in [1.165, 1.54) is 21.9 Å². The van der Waals surface area contributed by atoms with Crippen LogP contribution in [0.3, 0.4) is 0 Å². The van der Waals surface area contributed by atoms with Crippen molar-refractivity contribution >= 4 is 31.3 Å². The summed E-state index contributed by atoms with van der Waals surface area (Å²) in [6, 6.07) is 17.4. The number of carbonyl (C=O) groups excluding carboxylic acids is 3. The molecule has 49 heavy (non-hydrogen) atoms. The maximum Gasteiger partial charge on any atom is 0.409 e. The molecular weight excluding hydrogens is 651 g/mol. The highest BCUT2D eigenvalue weighted by Crippen LogP contribution is 2.43. The summed E-state index contributed by atoms with van der Waals surface area (Å²) in [7, 11) is -2.81. The maximum atomic E-state index is 14.0. The van der Waals surface area contributed by atoms with Crippen molar-refractivity contribution in [1.29, 1.82) is 0 Å². The Balaban J connectivity index is 1.38. The van der Waals surface area contributed by atoms with Gasteiger partial charge in [0.1, 0.15) is 23.3 Å². The highest BCUT2D eigenvalue weighted by atomic mass is 31.2. The van der Waals surface area contributed by atoms with Crippen molar-refractivity contribution in [2.75, 3.05) is 64.0 Å². The average Bonchev–Trinajstić information content (AvgIpc) is 3.61. The van der Waals surface area contributed by atoms with Gasteiger partial charge in [-0.1, -0.05) is 61.9 Å². The van der Waals surface area contributed by atoms with Gasteiger partial charge in [0.15, 0.2) is 5.82 Å². The number of amides is 3. The lowest BCUT2D eigenvalue weighted by atomic mass is 10.2. The summed E-state index contributed by atoms with van der Waals surface area (Å²) in [6.45, 7) is 4.27. The molecule has 2 aliphatic rings. The SMILES string of the molecule is CCCCOC(=O)N1CCN(C(=O)[C@H](CP(=O)(O)Oc2ccccc2)NC(=O)c2cc(N3CC[C@H](OC)C3)nc(-c3ccccc3)n2)CC1. The molecule has 3 atom stereocenters. The van der Waals surface area contributed by atoms with E-state index in [0.717, 1.165) is 19.3 Å². The van der Waals surface area contributed by atoms with Gasteiger partial charge < -0.3 is 38.9 Å². The predicted octanol–water partition coefficient (Wildman–Crippen LogP) is 3.81. The van der Waals surface area contributed by atoms with E-state index >= 15 is 0 Å². The molecule has 0 spiro atoms. The first kappa shape index (κ1) is 35.8. The number of nitrogens with one attached hydrogen (secondary N) is 1. The molecule has 0 aliphatic carbocycles. The minimum atomic E-state index is -4.46. The first-order valence-electron chi connectivity index (χ1n) is 16.5. The quantitative estimate of drug-likeness (QED) is 0.198. The molecule has 1 unspecified atom stereocenters. The first-order valence-corrected chi connectivity index (χ1v) is 18.2. The van der Waals surface area contributed by atoms with Crippen molar-refractivity contribution in [2.24, 2.45) is 0 Å². The van der Waals surface area contributed by atoms with Gasteiger partial charge in [-0.05, 0) is 25.0 Å². The summed E-state index contributed by atoms with van der Waals surface area (Å²) in [5.74, 6) is -0.329. The molecule has 1 aromatic heterocycles. The summed E-state index contributed by atoms with van der Waals surface area (Å²) in [6.07, 6.45) is 1.29. The molecule has 0 saturated carbocycles. The van der Waals surface area contributed by atoms with Crippen LogP contribution in [0.15, 0.2) is 66.7 Å². The molecule has 2 aromatic carbocycles. The Bertz CT molecular complexity index is 1620. The highest BCUT2D eigenvalue weighted by Gasteiger charge is 2.37. The van der Waals surface area contributed by atoms with Gasteiger partial charge in [-0.2, -0.15) is 0 Å². The highest BCUT2D eigenvalue weighted by molar-refractivity contribution is 7.53. The molecule has 2 fully saturated rings. The van der Waals surface area contributed by atoms with Crippen LogP contribution in [0, 0.1) is 0 Å². The number of benzene rings is 2. The average molecular weight is 695 g/mol. The third kappa shape index (κ3) is 9.78. The number of hydrogen-bond acceptors (Lipinski definition) is 10. The molecule has 14 nitrogen and oxygen atoms in total. The van der Waals surface area contributed by atoms with Gasteiger partial charge in [0.05, 0.1) is 18.9 Å². The van der Waals surface area contributed by atoms with Gasteiger partial charge in [-0.15, -0.1) is 0 Å². The number of anilines is 1. The molecule has 3 amide bonds.